The van der Waals surface area contributed by atoms with E-state index in [2.05, 4.69) is 15.3 Å². The molecule has 0 saturated heterocycles. The summed E-state index contributed by atoms with van der Waals surface area (Å²) in [5.74, 6) is -0.402. The molecule has 2 heterocycles. The Hall–Kier alpha value is -4.11. The van der Waals surface area contributed by atoms with Crippen LogP contribution in [0, 0.1) is 5.41 Å². The van der Waals surface area contributed by atoms with Crippen LogP contribution in [0.5, 0.6) is 0 Å². The number of hydrogen-bond donors (Lipinski definition) is 4. The highest BCUT2D eigenvalue weighted by molar-refractivity contribution is 6.12. The van der Waals surface area contributed by atoms with Crippen molar-refractivity contribution in [3.05, 3.63) is 66.0 Å². The summed E-state index contributed by atoms with van der Waals surface area (Å²) in [5.41, 5.74) is 7.92. The van der Waals surface area contributed by atoms with Crippen molar-refractivity contribution in [1.29, 1.82) is 5.41 Å². The third-order valence-electron chi connectivity index (χ3n) is 4.71. The third kappa shape index (κ3) is 3.74. The molecule has 4 rings (SSSR count). The minimum absolute atomic E-state index is 0.0306. The van der Waals surface area contributed by atoms with Crippen molar-refractivity contribution in [3.63, 3.8) is 0 Å². The molecule has 0 aliphatic carbocycles. The van der Waals surface area contributed by atoms with Gasteiger partial charge in [-0.3, -0.25) is 20.1 Å². The molecule has 9 heteroatoms. The molecule has 0 bridgehead atoms. The molecular formula is C21H18N6O3. The quantitative estimate of drug-likeness (QED) is 0.382. The Kier molecular flexibility index (Phi) is 4.95. The number of carbonyl (C=O) groups is 2. The highest BCUT2D eigenvalue weighted by Crippen LogP contribution is 2.22. The van der Waals surface area contributed by atoms with Gasteiger partial charge in [0, 0.05) is 28.5 Å². The van der Waals surface area contributed by atoms with Crippen molar-refractivity contribution in [2.75, 3.05) is 23.4 Å². The van der Waals surface area contributed by atoms with Gasteiger partial charge in [-0.25, -0.2) is 4.79 Å². The summed E-state index contributed by atoms with van der Waals surface area (Å²) in [5, 5.41) is 21.0. The number of nitrogen functional groups attached to an aromatic ring is 1. The molecule has 3 aromatic rings. The first-order valence-electron chi connectivity index (χ1n) is 9.09. The Balaban J connectivity index is 1.48. The van der Waals surface area contributed by atoms with Gasteiger partial charge in [0.05, 0.1) is 18.9 Å². The molecule has 0 radical (unpaired) electrons. The zero-order valence-electron chi connectivity index (χ0n) is 15.8. The molecule has 0 fully saturated rings. The second kappa shape index (κ2) is 7.72. The molecule has 1 aliphatic heterocycles. The first kappa shape index (κ1) is 19.2. The summed E-state index contributed by atoms with van der Waals surface area (Å²) in [6.45, 7) is -0.0153. The number of pyridine rings is 1. The molecule has 150 valence electrons. The molecule has 0 spiro atoms. The number of hydrogen-bond acceptors (Lipinski definition) is 5. The summed E-state index contributed by atoms with van der Waals surface area (Å²) in [7, 11) is 0. The van der Waals surface area contributed by atoms with E-state index in [1.165, 1.54) is 4.90 Å². The Labute approximate surface area is 171 Å². The van der Waals surface area contributed by atoms with Gasteiger partial charge < -0.3 is 16.2 Å². The van der Waals surface area contributed by atoms with Gasteiger partial charge in [-0.05, 0) is 41.8 Å². The molecule has 3 amide bonds. The zero-order chi connectivity index (χ0) is 21.3. The lowest BCUT2D eigenvalue weighted by molar-refractivity contribution is 0.102. The average Bonchev–Trinajstić information content (AvgIpc) is 3.14. The number of aliphatic hydroxyl groups excluding tert-OH is 1. The standard InChI is InChI=1S/C21H18N6O3/c22-19(23)13-2-1-12-8-18(24-9-14(12)7-13)20(29)25-15-3-5-17(6-4-15)27-10-16(11-28)26-21(27)30/h1-9,28H,10-11H2,(H3,22,23)(H,25,29). The Morgan fingerprint density at radius 3 is 2.60 bits per heavy atom. The Morgan fingerprint density at radius 1 is 1.17 bits per heavy atom. The van der Waals surface area contributed by atoms with Crippen LogP contribution in [0.3, 0.4) is 0 Å². The highest BCUT2D eigenvalue weighted by Gasteiger charge is 2.24. The lowest BCUT2D eigenvalue weighted by Gasteiger charge is -2.15. The topological polar surface area (TPSA) is 145 Å². The maximum Gasteiger partial charge on any atom is 0.348 e. The van der Waals surface area contributed by atoms with Crippen LogP contribution in [0.1, 0.15) is 16.1 Å². The largest absolute Gasteiger partial charge is 0.390 e. The monoisotopic (exact) mass is 402 g/mol. The van der Waals surface area contributed by atoms with E-state index in [1.54, 1.807) is 54.7 Å². The predicted octanol–water partition coefficient (Wildman–Crippen LogP) is 2.14. The number of amidine groups is 1. The summed E-state index contributed by atoms with van der Waals surface area (Å²) in [6, 6.07) is 13.2. The lowest BCUT2D eigenvalue weighted by atomic mass is 10.1. The van der Waals surface area contributed by atoms with Gasteiger partial charge in [0.1, 0.15) is 11.5 Å². The molecule has 1 aromatic heterocycles. The maximum absolute atomic E-state index is 12.6. The Bertz CT molecular complexity index is 1200. The number of aliphatic hydroxyl groups is 1. The number of nitrogens with zero attached hydrogens (tertiary/aromatic N) is 3. The maximum atomic E-state index is 12.6. The lowest BCUT2D eigenvalue weighted by Crippen LogP contribution is -2.26. The number of amides is 3. The van der Waals surface area contributed by atoms with E-state index in [4.69, 9.17) is 16.2 Å². The SMILES string of the molecule is N=C(N)c1ccc2cc(C(=O)Nc3ccc(N4CC(CO)=NC4=O)cc3)ncc2c1. The number of aliphatic imine (C=N–C) groups is 1. The molecule has 30 heavy (non-hydrogen) atoms. The van der Waals surface area contributed by atoms with Crippen LogP contribution < -0.4 is 16.0 Å². The molecular weight excluding hydrogens is 384 g/mol. The van der Waals surface area contributed by atoms with Crippen molar-refractivity contribution in [2.45, 2.75) is 0 Å². The van der Waals surface area contributed by atoms with Crippen LogP contribution in [0.15, 0.2) is 59.7 Å². The number of urea groups is 1. The molecule has 0 saturated carbocycles. The minimum atomic E-state index is -0.427. The Morgan fingerprint density at radius 2 is 1.93 bits per heavy atom. The summed E-state index contributed by atoms with van der Waals surface area (Å²) < 4.78 is 0. The molecule has 0 atom stereocenters. The van der Waals surface area contributed by atoms with Crippen molar-refractivity contribution in [2.24, 2.45) is 10.7 Å². The summed E-state index contributed by atoms with van der Waals surface area (Å²) in [6.07, 6.45) is 1.57. The number of carbonyl (C=O) groups excluding carboxylic acids is 2. The van der Waals surface area contributed by atoms with E-state index in [-0.39, 0.29) is 30.6 Å². The third-order valence-corrected chi connectivity index (χ3v) is 4.71. The number of nitrogens with one attached hydrogen (secondary N) is 2. The van der Waals surface area contributed by atoms with Crippen LogP contribution in [-0.2, 0) is 0 Å². The van der Waals surface area contributed by atoms with Crippen molar-refractivity contribution >= 4 is 45.6 Å². The summed E-state index contributed by atoms with van der Waals surface area (Å²) in [4.78, 5) is 33.9. The van der Waals surface area contributed by atoms with E-state index >= 15 is 0 Å². The molecule has 5 N–H and O–H groups in total. The molecule has 0 unspecified atom stereocenters. The molecule has 2 aromatic carbocycles. The van der Waals surface area contributed by atoms with Crippen LogP contribution >= 0.6 is 0 Å². The van der Waals surface area contributed by atoms with E-state index in [0.717, 1.165) is 10.8 Å². The van der Waals surface area contributed by atoms with Crippen LogP contribution in [-0.4, -0.2) is 46.7 Å². The van der Waals surface area contributed by atoms with Gasteiger partial charge in [-0.2, -0.15) is 4.99 Å². The first-order chi connectivity index (χ1) is 14.4. The summed E-state index contributed by atoms with van der Waals surface area (Å²) >= 11 is 0. The number of benzene rings is 2. The van der Waals surface area contributed by atoms with Gasteiger partial charge in [0.2, 0.25) is 0 Å². The predicted molar refractivity (Wildman–Crippen MR) is 114 cm³/mol. The van der Waals surface area contributed by atoms with Crippen molar-refractivity contribution in [1.82, 2.24) is 4.98 Å². The number of rotatable bonds is 5. The van der Waals surface area contributed by atoms with E-state index in [0.29, 0.717) is 22.6 Å². The van der Waals surface area contributed by atoms with Gasteiger partial charge >= 0.3 is 6.03 Å². The van der Waals surface area contributed by atoms with Gasteiger partial charge in [-0.15, -0.1) is 0 Å². The van der Waals surface area contributed by atoms with Crippen LogP contribution in [0.2, 0.25) is 0 Å². The molecule has 9 nitrogen and oxygen atoms in total. The zero-order valence-corrected chi connectivity index (χ0v) is 15.8. The fourth-order valence-electron chi connectivity index (χ4n) is 3.12. The van der Waals surface area contributed by atoms with Crippen molar-refractivity contribution < 1.29 is 14.7 Å². The fraction of sp³-hybridized carbons (Fsp3) is 0.0952. The second-order valence-corrected chi connectivity index (χ2v) is 6.75. The van der Waals surface area contributed by atoms with Gasteiger partial charge in [-0.1, -0.05) is 12.1 Å². The minimum Gasteiger partial charge on any atom is -0.390 e. The first-order valence-corrected chi connectivity index (χ1v) is 9.09. The van der Waals surface area contributed by atoms with Gasteiger partial charge in [0.25, 0.3) is 5.91 Å². The normalized spacial score (nSPS) is 13.4. The average molecular weight is 402 g/mol. The van der Waals surface area contributed by atoms with E-state index in [9.17, 15) is 9.59 Å². The van der Waals surface area contributed by atoms with Crippen LogP contribution in [0.25, 0.3) is 10.8 Å². The number of fused-ring (bicyclic) bond motifs is 1. The van der Waals surface area contributed by atoms with Crippen LogP contribution in [0.4, 0.5) is 16.2 Å². The van der Waals surface area contributed by atoms with E-state index < -0.39 is 6.03 Å². The molecule has 1 aliphatic rings. The van der Waals surface area contributed by atoms with E-state index in [1.807, 2.05) is 0 Å². The number of aromatic nitrogens is 1. The highest BCUT2D eigenvalue weighted by atomic mass is 16.3. The smallest absolute Gasteiger partial charge is 0.348 e. The number of nitrogens with two attached hydrogens (primary N) is 1. The second-order valence-electron chi connectivity index (χ2n) is 6.75. The van der Waals surface area contributed by atoms with Gasteiger partial charge in [0.15, 0.2) is 0 Å². The van der Waals surface area contributed by atoms with Crippen molar-refractivity contribution in [3.8, 4) is 0 Å². The number of anilines is 2. The fourth-order valence-corrected chi connectivity index (χ4v) is 3.12.